The Hall–Kier alpha value is -5.04. The minimum absolute atomic E-state index is 0.216. The molecule has 2 aromatic heterocycles. The lowest BCUT2D eigenvalue weighted by molar-refractivity contribution is 0.0975. The lowest BCUT2D eigenvalue weighted by Crippen LogP contribution is -2.14. The van der Waals surface area contributed by atoms with Crippen LogP contribution in [0.25, 0.3) is 43.5 Å². The minimum Gasteiger partial charge on any atom is -0.288 e. The molecule has 0 radical (unpaired) electrons. The highest BCUT2D eigenvalue weighted by Gasteiger charge is 2.37. The SMILES string of the molecule is CC1(C)c2cc3cc(C=C4C(=O)c5ccccc5C4=O)sc3cc2-c2cc3sc(C=C4C(=O)c5ccccc5C4=O)cc3cc21. The van der Waals surface area contributed by atoms with E-state index in [0.717, 1.165) is 29.9 Å². The molecule has 0 amide bonds. The molecule has 0 aliphatic heterocycles. The smallest absolute Gasteiger partial charge is 0.197 e. The summed E-state index contributed by atoms with van der Waals surface area (Å²) in [7, 11) is 0. The highest BCUT2D eigenvalue weighted by Crippen LogP contribution is 2.52. The zero-order valence-electron chi connectivity index (χ0n) is 24.2. The Bertz CT molecular complexity index is 2230. The third-order valence-electron chi connectivity index (χ3n) is 9.37. The predicted molar refractivity (Wildman–Crippen MR) is 181 cm³/mol. The van der Waals surface area contributed by atoms with E-state index in [-0.39, 0.29) is 39.7 Å². The van der Waals surface area contributed by atoms with Crippen LogP contribution in [0.4, 0.5) is 0 Å². The zero-order chi connectivity index (χ0) is 30.8. The third kappa shape index (κ3) is 3.64. The van der Waals surface area contributed by atoms with Crippen LogP contribution in [0, 0.1) is 0 Å². The standard InChI is InChI=1S/C39H22O4S2/c1-39(2)31-13-19-11-21(15-29-35(40)23-7-3-4-8-24(23)36(29)41)44-33(19)17-27(31)28-18-34-20(14-32(28)39)12-22(45-34)16-30-37(42)25-9-5-6-10-26(25)38(30)43/h3-18H,1-2H3. The second kappa shape index (κ2) is 9.00. The van der Waals surface area contributed by atoms with Crippen LogP contribution in [0.1, 0.15) is 76.2 Å². The van der Waals surface area contributed by atoms with E-state index in [0.29, 0.717) is 22.3 Å². The Balaban J connectivity index is 1.11. The first-order valence-corrected chi connectivity index (χ1v) is 16.3. The van der Waals surface area contributed by atoms with E-state index in [9.17, 15) is 19.2 Å². The van der Waals surface area contributed by atoms with Gasteiger partial charge in [-0.25, -0.2) is 0 Å². The molecule has 0 unspecified atom stereocenters. The molecular weight excluding hydrogens is 597 g/mol. The predicted octanol–water partition coefficient (Wildman–Crippen LogP) is 9.35. The molecular formula is C39H22O4S2. The van der Waals surface area contributed by atoms with E-state index in [4.69, 9.17) is 0 Å². The van der Waals surface area contributed by atoms with Crippen LogP contribution in [0.3, 0.4) is 0 Å². The molecule has 45 heavy (non-hydrogen) atoms. The van der Waals surface area contributed by atoms with Crippen LogP contribution in [-0.4, -0.2) is 23.1 Å². The Labute approximate surface area is 266 Å². The van der Waals surface area contributed by atoms with Gasteiger partial charge >= 0.3 is 0 Å². The van der Waals surface area contributed by atoms with Crippen LogP contribution in [-0.2, 0) is 5.41 Å². The molecule has 0 fully saturated rings. The van der Waals surface area contributed by atoms with Crippen molar-refractivity contribution >= 4 is 78.1 Å². The summed E-state index contributed by atoms with van der Waals surface area (Å²) >= 11 is 3.16. The second-order valence-electron chi connectivity index (χ2n) is 12.3. The minimum atomic E-state index is -0.244. The van der Waals surface area contributed by atoms with Crippen molar-refractivity contribution in [3.8, 4) is 11.1 Å². The molecule has 4 nitrogen and oxygen atoms in total. The van der Waals surface area contributed by atoms with Gasteiger partial charge in [0.1, 0.15) is 0 Å². The quantitative estimate of drug-likeness (QED) is 0.143. The van der Waals surface area contributed by atoms with Crippen molar-refractivity contribution in [2.24, 2.45) is 0 Å². The molecule has 3 aliphatic rings. The van der Waals surface area contributed by atoms with Gasteiger partial charge in [0, 0.05) is 46.8 Å². The van der Waals surface area contributed by atoms with Gasteiger partial charge in [-0.3, -0.25) is 19.2 Å². The van der Waals surface area contributed by atoms with E-state index < -0.39 is 0 Å². The van der Waals surface area contributed by atoms with Gasteiger partial charge in [0.15, 0.2) is 23.1 Å². The molecule has 214 valence electrons. The number of ketones is 4. The van der Waals surface area contributed by atoms with Gasteiger partial charge in [-0.2, -0.15) is 0 Å². The summed E-state index contributed by atoms with van der Waals surface area (Å²) in [6.45, 7) is 4.47. The normalized spacial score (nSPS) is 16.0. The number of fused-ring (bicyclic) bond motifs is 7. The molecule has 4 aromatic carbocycles. The molecule has 6 heteroatoms. The molecule has 3 aliphatic carbocycles. The van der Waals surface area contributed by atoms with Gasteiger partial charge in [-0.1, -0.05) is 62.4 Å². The Morgan fingerprint density at radius 3 is 1.20 bits per heavy atom. The topological polar surface area (TPSA) is 68.3 Å². The maximum atomic E-state index is 13.0. The molecule has 0 saturated heterocycles. The van der Waals surface area contributed by atoms with Gasteiger partial charge in [0.25, 0.3) is 0 Å². The maximum absolute atomic E-state index is 13.0. The fraction of sp³-hybridized carbons (Fsp3) is 0.0769. The monoisotopic (exact) mass is 618 g/mol. The van der Waals surface area contributed by atoms with Gasteiger partial charge < -0.3 is 0 Å². The Kier molecular flexibility index (Phi) is 5.28. The molecule has 9 rings (SSSR count). The number of benzene rings is 4. The van der Waals surface area contributed by atoms with Crippen molar-refractivity contribution in [1.29, 1.82) is 0 Å². The fourth-order valence-electron chi connectivity index (χ4n) is 7.07. The highest BCUT2D eigenvalue weighted by molar-refractivity contribution is 7.20. The van der Waals surface area contributed by atoms with Crippen LogP contribution in [0.15, 0.2) is 96.1 Å². The average molecular weight is 619 g/mol. The first kappa shape index (κ1) is 26.4. The lowest BCUT2D eigenvalue weighted by atomic mass is 9.82. The van der Waals surface area contributed by atoms with E-state index in [1.54, 1.807) is 83.4 Å². The molecule has 0 spiro atoms. The Morgan fingerprint density at radius 1 is 0.489 bits per heavy atom. The molecule has 6 aromatic rings. The number of thiophene rings is 2. The number of allylic oxidation sites excluding steroid dienone is 2. The summed E-state index contributed by atoms with van der Waals surface area (Å²) < 4.78 is 2.18. The number of carbonyl (C=O) groups excluding carboxylic acids is 4. The first-order chi connectivity index (χ1) is 21.7. The summed E-state index contributed by atoms with van der Waals surface area (Å²) in [4.78, 5) is 53.7. The summed E-state index contributed by atoms with van der Waals surface area (Å²) in [5.74, 6) is -0.864. The largest absolute Gasteiger partial charge is 0.288 e. The molecule has 0 saturated carbocycles. The second-order valence-corrected chi connectivity index (χ2v) is 14.5. The maximum Gasteiger partial charge on any atom is 0.197 e. The van der Waals surface area contributed by atoms with E-state index in [2.05, 4.69) is 50.2 Å². The van der Waals surface area contributed by atoms with Crippen LogP contribution >= 0.6 is 22.7 Å². The zero-order valence-corrected chi connectivity index (χ0v) is 25.8. The molecule has 0 atom stereocenters. The van der Waals surface area contributed by atoms with Crippen molar-refractivity contribution in [3.05, 3.63) is 139 Å². The number of carbonyl (C=O) groups is 4. The summed E-state index contributed by atoms with van der Waals surface area (Å²) in [5, 5.41) is 2.18. The third-order valence-corrected chi connectivity index (χ3v) is 11.5. The van der Waals surface area contributed by atoms with Crippen LogP contribution in [0.5, 0.6) is 0 Å². The summed E-state index contributed by atoms with van der Waals surface area (Å²) in [6.07, 6.45) is 3.48. The number of hydrogen-bond donors (Lipinski definition) is 0. The van der Waals surface area contributed by atoms with Crippen molar-refractivity contribution in [3.63, 3.8) is 0 Å². The van der Waals surface area contributed by atoms with Crippen LogP contribution < -0.4 is 0 Å². The first-order valence-electron chi connectivity index (χ1n) is 14.7. The van der Waals surface area contributed by atoms with Gasteiger partial charge in [0.2, 0.25) is 0 Å². The van der Waals surface area contributed by atoms with Crippen molar-refractivity contribution in [2.75, 3.05) is 0 Å². The number of rotatable bonds is 2. The average Bonchev–Trinajstić information content (AvgIpc) is 3.79. The molecule has 0 bridgehead atoms. The van der Waals surface area contributed by atoms with Gasteiger partial charge in [-0.15, -0.1) is 22.7 Å². The molecule has 0 N–H and O–H groups in total. The summed E-state index contributed by atoms with van der Waals surface area (Å²) in [5.41, 5.74) is 6.91. The number of Topliss-reactive ketones (excluding diaryl/α,β-unsaturated/α-hetero) is 4. The van der Waals surface area contributed by atoms with Crippen LogP contribution in [0.2, 0.25) is 0 Å². The van der Waals surface area contributed by atoms with Gasteiger partial charge in [-0.05, 0) is 81.6 Å². The highest BCUT2D eigenvalue weighted by atomic mass is 32.1. The van der Waals surface area contributed by atoms with Gasteiger partial charge in [0.05, 0.1) is 11.1 Å². The summed E-state index contributed by atoms with van der Waals surface area (Å²) in [6, 6.07) is 27.1. The lowest BCUT2D eigenvalue weighted by Gasteiger charge is -2.21. The molecule has 2 heterocycles. The van der Waals surface area contributed by atoms with Crippen molar-refractivity contribution in [1.82, 2.24) is 0 Å². The van der Waals surface area contributed by atoms with Crippen molar-refractivity contribution < 1.29 is 19.2 Å². The van der Waals surface area contributed by atoms with E-state index >= 15 is 0 Å². The number of hydrogen-bond acceptors (Lipinski definition) is 6. The van der Waals surface area contributed by atoms with Crippen molar-refractivity contribution in [2.45, 2.75) is 19.3 Å². The van der Waals surface area contributed by atoms with E-state index in [1.165, 1.54) is 22.3 Å². The van der Waals surface area contributed by atoms with E-state index in [1.807, 2.05) is 0 Å². The Morgan fingerprint density at radius 2 is 0.844 bits per heavy atom. The fourth-order valence-corrected chi connectivity index (χ4v) is 9.13.